The first-order valence-corrected chi connectivity index (χ1v) is 9.38. The minimum absolute atomic E-state index is 0.0332. The van der Waals surface area contributed by atoms with E-state index < -0.39 is 28.9 Å². The predicted molar refractivity (Wildman–Crippen MR) is 101 cm³/mol. The Morgan fingerprint density at radius 1 is 1.23 bits per heavy atom. The number of amides is 1. The van der Waals surface area contributed by atoms with Crippen LogP contribution in [0.2, 0.25) is 0 Å². The number of hydrogen-bond acceptors (Lipinski definition) is 6. The van der Waals surface area contributed by atoms with Crippen molar-refractivity contribution in [3.8, 4) is 0 Å². The number of ether oxygens (including phenoxy) is 1. The zero-order valence-electron chi connectivity index (χ0n) is 16.0. The first-order valence-electron chi connectivity index (χ1n) is 8.15. The van der Waals surface area contributed by atoms with Gasteiger partial charge in [0.1, 0.15) is 0 Å². The Morgan fingerprint density at radius 3 is 2.35 bits per heavy atom. The molecular formula is C18H26N2O5S. The number of nitro benzene ring substituents is 1. The van der Waals surface area contributed by atoms with Crippen LogP contribution in [0.25, 0.3) is 0 Å². The summed E-state index contributed by atoms with van der Waals surface area (Å²) in [5, 5.41) is 13.9. The number of thioether (sulfide) groups is 1. The van der Waals surface area contributed by atoms with Crippen LogP contribution in [0.1, 0.15) is 51.4 Å². The average molecular weight is 382 g/mol. The summed E-state index contributed by atoms with van der Waals surface area (Å²) in [7, 11) is 0. The zero-order valence-corrected chi connectivity index (χ0v) is 16.9. The molecule has 0 saturated carbocycles. The molecule has 1 aromatic carbocycles. The van der Waals surface area contributed by atoms with Crippen LogP contribution in [0.4, 0.5) is 5.69 Å². The number of esters is 1. The quantitative estimate of drug-likeness (QED) is 0.333. The van der Waals surface area contributed by atoms with Crippen LogP contribution >= 0.6 is 11.8 Å². The summed E-state index contributed by atoms with van der Waals surface area (Å²) in [5.74, 6) is -1.19. The highest BCUT2D eigenvalue weighted by Gasteiger charge is 2.27. The van der Waals surface area contributed by atoms with E-state index in [0.717, 1.165) is 12.5 Å². The molecule has 0 heterocycles. The van der Waals surface area contributed by atoms with Crippen LogP contribution in [0.5, 0.6) is 0 Å². The normalized spacial score (nSPS) is 11.8. The first-order chi connectivity index (χ1) is 11.8. The van der Waals surface area contributed by atoms with Gasteiger partial charge in [-0.15, -0.1) is 11.8 Å². The highest BCUT2D eigenvalue weighted by Crippen LogP contribution is 2.29. The largest absolute Gasteiger partial charge is 0.452 e. The zero-order chi connectivity index (χ0) is 20.1. The predicted octanol–water partition coefficient (Wildman–Crippen LogP) is 3.80. The molecule has 0 spiro atoms. The Balaban J connectivity index is 2.70. The molecule has 0 aliphatic rings. The van der Waals surface area contributed by atoms with E-state index in [2.05, 4.69) is 26.1 Å². The number of nitrogens with zero attached hydrogens (tertiary/aromatic N) is 1. The lowest BCUT2D eigenvalue weighted by Crippen LogP contribution is -2.47. The molecule has 0 aliphatic heterocycles. The van der Waals surface area contributed by atoms with E-state index in [1.165, 1.54) is 23.9 Å². The Labute approximate surface area is 158 Å². The van der Waals surface area contributed by atoms with Crippen LogP contribution in [0, 0.1) is 15.5 Å². The van der Waals surface area contributed by atoms with Crippen molar-refractivity contribution in [2.24, 2.45) is 5.41 Å². The number of carbonyl (C=O) groups is 2. The lowest BCUT2D eigenvalue weighted by atomic mass is 9.82. The standard InChI is InChI=1S/C18H26N2O5S/c1-17(2,3)11-18(4,5)19-15(21)10-25-16(22)12-7-8-14(26-6)13(9-12)20(23)24/h7-9H,10-11H2,1-6H3,(H,19,21). The maximum atomic E-state index is 12.1. The Morgan fingerprint density at radius 2 is 1.85 bits per heavy atom. The van der Waals surface area contributed by atoms with E-state index in [1.807, 2.05) is 13.8 Å². The fourth-order valence-corrected chi connectivity index (χ4v) is 3.50. The van der Waals surface area contributed by atoms with Gasteiger partial charge >= 0.3 is 5.97 Å². The van der Waals surface area contributed by atoms with Crippen molar-refractivity contribution in [1.82, 2.24) is 5.32 Å². The van der Waals surface area contributed by atoms with Crippen molar-refractivity contribution in [2.45, 2.75) is 51.5 Å². The summed E-state index contributed by atoms with van der Waals surface area (Å²) in [6, 6.07) is 4.10. The molecule has 7 nitrogen and oxygen atoms in total. The molecule has 0 bridgehead atoms. The second kappa shape index (κ2) is 8.53. The minimum atomic E-state index is -0.774. The van der Waals surface area contributed by atoms with Gasteiger partial charge in [0.05, 0.1) is 15.4 Å². The van der Waals surface area contributed by atoms with E-state index in [9.17, 15) is 19.7 Å². The Hall–Kier alpha value is -2.09. The molecule has 0 fully saturated rings. The summed E-state index contributed by atoms with van der Waals surface area (Å²) in [4.78, 5) is 35.1. The van der Waals surface area contributed by atoms with E-state index in [0.29, 0.717) is 4.90 Å². The number of benzene rings is 1. The number of carbonyl (C=O) groups excluding carboxylic acids is 2. The van der Waals surface area contributed by atoms with Crippen molar-refractivity contribution >= 4 is 29.3 Å². The van der Waals surface area contributed by atoms with Gasteiger partial charge in [0.15, 0.2) is 6.61 Å². The molecule has 0 unspecified atom stereocenters. The van der Waals surface area contributed by atoms with Crippen molar-refractivity contribution < 1.29 is 19.2 Å². The van der Waals surface area contributed by atoms with Gasteiger partial charge in [-0.1, -0.05) is 20.8 Å². The first kappa shape index (κ1) is 22.0. The molecule has 1 rings (SSSR count). The van der Waals surface area contributed by atoms with Gasteiger partial charge in [0, 0.05) is 11.6 Å². The third kappa shape index (κ3) is 7.03. The molecule has 144 valence electrons. The van der Waals surface area contributed by atoms with Crippen LogP contribution in [0.3, 0.4) is 0 Å². The van der Waals surface area contributed by atoms with E-state index >= 15 is 0 Å². The second-order valence-electron chi connectivity index (χ2n) is 7.89. The number of hydrogen-bond donors (Lipinski definition) is 1. The molecule has 1 aromatic rings. The molecule has 0 radical (unpaired) electrons. The summed E-state index contributed by atoms with van der Waals surface area (Å²) in [6.07, 6.45) is 2.46. The van der Waals surface area contributed by atoms with Crippen molar-refractivity contribution in [3.63, 3.8) is 0 Å². The van der Waals surface area contributed by atoms with Crippen LogP contribution in [-0.2, 0) is 9.53 Å². The highest BCUT2D eigenvalue weighted by atomic mass is 32.2. The number of nitro groups is 1. The van der Waals surface area contributed by atoms with Gasteiger partial charge in [-0.3, -0.25) is 14.9 Å². The maximum Gasteiger partial charge on any atom is 0.338 e. The fourth-order valence-electron chi connectivity index (χ4n) is 2.96. The van der Waals surface area contributed by atoms with Gasteiger partial charge in [-0.2, -0.15) is 0 Å². The lowest BCUT2D eigenvalue weighted by Gasteiger charge is -2.33. The highest BCUT2D eigenvalue weighted by molar-refractivity contribution is 7.98. The number of nitrogens with one attached hydrogen (secondary N) is 1. The Kier molecular flexibility index (Phi) is 7.20. The van der Waals surface area contributed by atoms with Gasteiger partial charge in [0.25, 0.3) is 11.6 Å². The average Bonchev–Trinajstić information content (AvgIpc) is 2.48. The topological polar surface area (TPSA) is 98.5 Å². The molecule has 0 aliphatic carbocycles. The minimum Gasteiger partial charge on any atom is -0.452 e. The van der Waals surface area contributed by atoms with Gasteiger partial charge in [-0.25, -0.2) is 4.79 Å². The smallest absolute Gasteiger partial charge is 0.338 e. The van der Waals surface area contributed by atoms with Crippen molar-refractivity contribution in [1.29, 1.82) is 0 Å². The second-order valence-corrected chi connectivity index (χ2v) is 8.74. The maximum absolute atomic E-state index is 12.1. The lowest BCUT2D eigenvalue weighted by molar-refractivity contribution is -0.387. The number of rotatable bonds is 7. The van der Waals surface area contributed by atoms with Crippen molar-refractivity contribution in [3.05, 3.63) is 33.9 Å². The summed E-state index contributed by atoms with van der Waals surface area (Å²) < 4.78 is 4.99. The molecule has 0 aromatic heterocycles. The monoisotopic (exact) mass is 382 g/mol. The van der Waals surface area contributed by atoms with Gasteiger partial charge in [0.2, 0.25) is 0 Å². The van der Waals surface area contributed by atoms with Gasteiger partial charge < -0.3 is 10.1 Å². The van der Waals surface area contributed by atoms with E-state index in [1.54, 1.807) is 6.26 Å². The molecule has 0 saturated heterocycles. The summed E-state index contributed by atoms with van der Waals surface area (Å²) in [5.41, 5.74) is -0.537. The molecule has 8 heteroatoms. The van der Waals surface area contributed by atoms with Crippen LogP contribution in [0.15, 0.2) is 23.1 Å². The molecule has 1 N–H and O–H groups in total. The molecule has 26 heavy (non-hydrogen) atoms. The Bertz CT molecular complexity index is 695. The van der Waals surface area contributed by atoms with E-state index in [4.69, 9.17) is 4.74 Å². The fraction of sp³-hybridized carbons (Fsp3) is 0.556. The third-order valence-electron chi connectivity index (χ3n) is 3.40. The third-order valence-corrected chi connectivity index (χ3v) is 4.18. The van der Waals surface area contributed by atoms with Crippen LogP contribution < -0.4 is 5.32 Å². The SMILES string of the molecule is CSc1ccc(C(=O)OCC(=O)NC(C)(C)CC(C)(C)C)cc1[N+](=O)[O-]. The summed E-state index contributed by atoms with van der Waals surface area (Å²) >= 11 is 1.22. The molecule has 1 amide bonds. The van der Waals surface area contributed by atoms with Gasteiger partial charge in [-0.05, 0) is 44.1 Å². The van der Waals surface area contributed by atoms with E-state index in [-0.39, 0.29) is 16.7 Å². The molecule has 0 atom stereocenters. The van der Waals surface area contributed by atoms with Crippen LogP contribution in [-0.4, -0.2) is 35.2 Å². The van der Waals surface area contributed by atoms with Crippen molar-refractivity contribution in [2.75, 3.05) is 12.9 Å². The summed E-state index contributed by atoms with van der Waals surface area (Å²) in [6.45, 7) is 9.60. The molecular weight excluding hydrogens is 356 g/mol.